The summed E-state index contributed by atoms with van der Waals surface area (Å²) in [5, 5.41) is 7.29. The van der Waals surface area contributed by atoms with Crippen LogP contribution in [0.15, 0.2) is 42.5 Å². The smallest absolute Gasteiger partial charge is 0.224 e. The first-order valence-electron chi connectivity index (χ1n) is 8.98. The maximum Gasteiger partial charge on any atom is 0.224 e. The minimum Gasteiger partial charge on any atom is -0.354 e. The lowest BCUT2D eigenvalue weighted by Gasteiger charge is -2.10. The van der Waals surface area contributed by atoms with Crippen LogP contribution in [0.1, 0.15) is 17.5 Å². The molecule has 0 bridgehead atoms. The van der Waals surface area contributed by atoms with Crippen LogP contribution in [0.25, 0.3) is 22.2 Å². The number of carbonyl (C=O) groups excluding carboxylic acids is 1. The largest absolute Gasteiger partial charge is 0.354 e. The van der Waals surface area contributed by atoms with Crippen LogP contribution in [0, 0.1) is 18.7 Å². The standard InChI is InChI=1S/C21H22FN3O.ClH/c1-13-17-10-14(11-24-21(26)15-8-9-23-12-15)6-7-19(17)25-20(13)16-4-2-3-5-18(16)22;/h2-7,10,15,23,25H,8-9,11-12H2,1H3,(H,24,26);1H. The third-order valence-corrected chi connectivity index (χ3v) is 5.16. The quantitative estimate of drug-likeness (QED) is 0.635. The molecule has 1 aliphatic rings. The number of carbonyl (C=O) groups is 1. The number of amides is 1. The number of hydrogen-bond donors (Lipinski definition) is 3. The van der Waals surface area contributed by atoms with E-state index in [1.165, 1.54) is 6.07 Å². The summed E-state index contributed by atoms with van der Waals surface area (Å²) in [6, 6.07) is 12.8. The Labute approximate surface area is 164 Å². The van der Waals surface area contributed by atoms with E-state index in [1.807, 2.05) is 25.1 Å². The van der Waals surface area contributed by atoms with Crippen molar-refractivity contribution in [3.63, 3.8) is 0 Å². The molecule has 1 aliphatic heterocycles. The summed E-state index contributed by atoms with van der Waals surface area (Å²) < 4.78 is 14.1. The van der Waals surface area contributed by atoms with E-state index in [2.05, 4.69) is 21.7 Å². The maximum absolute atomic E-state index is 14.1. The van der Waals surface area contributed by atoms with E-state index >= 15 is 0 Å². The fourth-order valence-electron chi connectivity index (χ4n) is 3.63. The molecule has 1 fully saturated rings. The summed E-state index contributed by atoms with van der Waals surface area (Å²) in [6.07, 6.45) is 0.897. The third-order valence-electron chi connectivity index (χ3n) is 5.16. The Morgan fingerprint density at radius 2 is 2.07 bits per heavy atom. The Balaban J connectivity index is 0.00000210. The van der Waals surface area contributed by atoms with Crippen LogP contribution in [0.3, 0.4) is 0 Å². The van der Waals surface area contributed by atoms with Crippen molar-refractivity contribution in [3.8, 4) is 11.3 Å². The predicted octanol–water partition coefficient (Wildman–Crippen LogP) is 3.93. The van der Waals surface area contributed by atoms with Crippen LogP contribution in [0.5, 0.6) is 0 Å². The van der Waals surface area contributed by atoms with Crippen molar-refractivity contribution in [2.24, 2.45) is 5.92 Å². The molecule has 4 nitrogen and oxygen atoms in total. The Bertz CT molecular complexity index is 963. The van der Waals surface area contributed by atoms with Crippen molar-refractivity contribution in [2.75, 3.05) is 13.1 Å². The lowest BCUT2D eigenvalue weighted by atomic mass is 10.0. The summed E-state index contributed by atoms with van der Waals surface area (Å²) in [4.78, 5) is 15.5. The SMILES string of the molecule is Cc1c(-c2ccccc2F)[nH]c2ccc(CNC(=O)C3CCNC3)cc12.Cl. The first kappa shape index (κ1) is 19.4. The number of aromatic nitrogens is 1. The van der Waals surface area contributed by atoms with Crippen LogP contribution in [-0.4, -0.2) is 24.0 Å². The van der Waals surface area contributed by atoms with E-state index in [-0.39, 0.29) is 30.0 Å². The van der Waals surface area contributed by atoms with Gasteiger partial charge in [-0.2, -0.15) is 0 Å². The van der Waals surface area contributed by atoms with Gasteiger partial charge in [0.05, 0.1) is 11.6 Å². The number of hydrogen-bond acceptors (Lipinski definition) is 2. The molecule has 4 rings (SSSR count). The second-order valence-corrected chi connectivity index (χ2v) is 6.89. The lowest BCUT2D eigenvalue weighted by molar-refractivity contribution is -0.124. The number of benzene rings is 2. The molecule has 1 aromatic heterocycles. The zero-order valence-corrected chi connectivity index (χ0v) is 16.0. The Hall–Kier alpha value is -2.37. The summed E-state index contributed by atoms with van der Waals surface area (Å²) in [5.41, 5.74) is 4.40. The van der Waals surface area contributed by atoms with Gasteiger partial charge in [0.2, 0.25) is 5.91 Å². The van der Waals surface area contributed by atoms with E-state index < -0.39 is 0 Å². The average molecular weight is 388 g/mol. The fourth-order valence-corrected chi connectivity index (χ4v) is 3.63. The van der Waals surface area contributed by atoms with Crippen molar-refractivity contribution in [2.45, 2.75) is 19.9 Å². The molecule has 0 spiro atoms. The van der Waals surface area contributed by atoms with Crippen molar-refractivity contribution < 1.29 is 9.18 Å². The monoisotopic (exact) mass is 387 g/mol. The molecular weight excluding hydrogens is 365 g/mol. The minimum atomic E-state index is -0.236. The highest BCUT2D eigenvalue weighted by Crippen LogP contribution is 2.31. The summed E-state index contributed by atoms with van der Waals surface area (Å²) >= 11 is 0. The average Bonchev–Trinajstić information content (AvgIpc) is 3.29. The van der Waals surface area contributed by atoms with Gasteiger partial charge >= 0.3 is 0 Å². The Morgan fingerprint density at radius 3 is 2.81 bits per heavy atom. The molecule has 0 radical (unpaired) electrons. The Kier molecular flexibility index (Phi) is 5.82. The van der Waals surface area contributed by atoms with E-state index in [0.29, 0.717) is 12.1 Å². The highest BCUT2D eigenvalue weighted by Gasteiger charge is 2.22. The van der Waals surface area contributed by atoms with E-state index in [9.17, 15) is 9.18 Å². The first-order chi connectivity index (χ1) is 12.6. The van der Waals surface area contributed by atoms with Gasteiger partial charge in [0.1, 0.15) is 5.82 Å². The topological polar surface area (TPSA) is 56.9 Å². The molecule has 27 heavy (non-hydrogen) atoms. The van der Waals surface area contributed by atoms with Gasteiger partial charge in [-0.15, -0.1) is 12.4 Å². The van der Waals surface area contributed by atoms with E-state index in [1.54, 1.807) is 12.1 Å². The van der Waals surface area contributed by atoms with Gasteiger partial charge in [-0.05, 0) is 55.3 Å². The molecule has 2 heterocycles. The number of H-pyrrole nitrogens is 1. The molecular formula is C21H23ClFN3O. The number of fused-ring (bicyclic) bond motifs is 1. The highest BCUT2D eigenvalue weighted by atomic mass is 35.5. The van der Waals surface area contributed by atoms with Crippen molar-refractivity contribution in [3.05, 3.63) is 59.4 Å². The summed E-state index contributed by atoms with van der Waals surface area (Å²) in [6.45, 7) is 4.16. The molecule has 0 saturated carbocycles. The zero-order valence-electron chi connectivity index (χ0n) is 15.1. The maximum atomic E-state index is 14.1. The second kappa shape index (κ2) is 8.11. The Morgan fingerprint density at radius 1 is 1.26 bits per heavy atom. The fraction of sp³-hybridized carbons (Fsp3) is 0.286. The van der Waals surface area contributed by atoms with Gasteiger partial charge < -0.3 is 15.6 Å². The zero-order chi connectivity index (χ0) is 18.1. The summed E-state index contributed by atoms with van der Waals surface area (Å²) in [7, 11) is 0. The molecule has 3 N–H and O–H groups in total. The van der Waals surface area contributed by atoms with Crippen LogP contribution >= 0.6 is 12.4 Å². The molecule has 1 unspecified atom stereocenters. The molecule has 2 aromatic carbocycles. The number of aryl methyl sites for hydroxylation is 1. The van der Waals surface area contributed by atoms with Crippen LogP contribution in [0.2, 0.25) is 0 Å². The highest BCUT2D eigenvalue weighted by molar-refractivity contribution is 5.91. The van der Waals surface area contributed by atoms with Crippen LogP contribution in [0.4, 0.5) is 4.39 Å². The van der Waals surface area contributed by atoms with Gasteiger partial charge in [0.15, 0.2) is 0 Å². The normalized spacial score (nSPS) is 16.3. The molecule has 1 atom stereocenters. The van der Waals surface area contributed by atoms with Crippen molar-refractivity contribution in [1.82, 2.24) is 15.6 Å². The lowest BCUT2D eigenvalue weighted by Crippen LogP contribution is -2.31. The molecule has 0 aliphatic carbocycles. The van der Waals surface area contributed by atoms with Crippen LogP contribution < -0.4 is 10.6 Å². The number of rotatable bonds is 4. The molecule has 6 heteroatoms. The second-order valence-electron chi connectivity index (χ2n) is 6.89. The molecule has 3 aromatic rings. The van der Waals surface area contributed by atoms with Crippen LogP contribution in [-0.2, 0) is 11.3 Å². The molecule has 142 valence electrons. The number of aromatic amines is 1. The van der Waals surface area contributed by atoms with Crippen molar-refractivity contribution in [1.29, 1.82) is 0 Å². The number of halogens is 2. The van der Waals surface area contributed by atoms with E-state index in [0.717, 1.165) is 47.2 Å². The number of nitrogens with one attached hydrogen (secondary N) is 3. The third kappa shape index (κ3) is 3.84. The van der Waals surface area contributed by atoms with Gasteiger partial charge in [-0.1, -0.05) is 18.2 Å². The molecule has 1 saturated heterocycles. The van der Waals surface area contributed by atoms with Crippen molar-refractivity contribution >= 4 is 29.2 Å². The predicted molar refractivity (Wildman–Crippen MR) is 109 cm³/mol. The first-order valence-corrected chi connectivity index (χ1v) is 8.98. The summed E-state index contributed by atoms with van der Waals surface area (Å²) in [5.74, 6) is -0.0619. The van der Waals surface area contributed by atoms with Gasteiger partial charge in [-0.3, -0.25) is 4.79 Å². The van der Waals surface area contributed by atoms with Gasteiger partial charge in [-0.25, -0.2) is 4.39 Å². The van der Waals surface area contributed by atoms with Gasteiger partial charge in [0.25, 0.3) is 0 Å². The van der Waals surface area contributed by atoms with Gasteiger partial charge in [0, 0.05) is 29.6 Å². The van der Waals surface area contributed by atoms with E-state index in [4.69, 9.17) is 0 Å². The molecule has 1 amide bonds. The minimum absolute atomic E-state index is 0.